The Morgan fingerprint density at radius 2 is 1.71 bits per heavy atom. The van der Waals surface area contributed by atoms with Crippen LogP contribution in [0.5, 0.6) is 0 Å². The average Bonchev–Trinajstić information content (AvgIpc) is 3.56. The Labute approximate surface area is 181 Å². The molecule has 0 bridgehead atoms. The van der Waals surface area contributed by atoms with Crippen LogP contribution in [0.1, 0.15) is 39.9 Å². The quantitative estimate of drug-likeness (QED) is 0.601. The highest BCUT2D eigenvalue weighted by Crippen LogP contribution is 2.23. The van der Waals surface area contributed by atoms with E-state index in [-0.39, 0.29) is 24.2 Å². The van der Waals surface area contributed by atoms with Crippen LogP contribution in [0.25, 0.3) is 0 Å². The van der Waals surface area contributed by atoms with E-state index < -0.39 is 0 Å². The molecule has 0 unspecified atom stereocenters. The van der Waals surface area contributed by atoms with E-state index in [1.165, 1.54) is 12.1 Å². The molecule has 0 aliphatic heterocycles. The minimum Gasteiger partial charge on any atom is -0.353 e. The van der Waals surface area contributed by atoms with Gasteiger partial charge in [-0.15, -0.1) is 0 Å². The fraction of sp³-hybridized carbons (Fsp3) is 0.231. The number of nitrogens with zero attached hydrogens (tertiary/aromatic N) is 1. The first-order valence-electron chi connectivity index (χ1n) is 10.5. The van der Waals surface area contributed by atoms with Crippen LogP contribution in [0.4, 0.5) is 10.1 Å². The van der Waals surface area contributed by atoms with Crippen molar-refractivity contribution in [3.8, 4) is 0 Å². The van der Waals surface area contributed by atoms with Gasteiger partial charge in [0, 0.05) is 17.3 Å². The van der Waals surface area contributed by atoms with Crippen LogP contribution in [-0.2, 0) is 17.8 Å². The van der Waals surface area contributed by atoms with Gasteiger partial charge in [-0.1, -0.05) is 42.5 Å². The molecule has 1 aliphatic rings. The SMILES string of the molecule is Cc1ccccc1C(=O)N(Cc1cccc(F)c1)c1ccc(CC(=O)NC2CC2)cc1. The first-order valence-corrected chi connectivity index (χ1v) is 10.5. The Hall–Kier alpha value is -3.47. The van der Waals surface area contributed by atoms with Crippen molar-refractivity contribution in [2.45, 2.75) is 38.8 Å². The zero-order valence-corrected chi connectivity index (χ0v) is 17.5. The summed E-state index contributed by atoms with van der Waals surface area (Å²) in [6.45, 7) is 2.14. The summed E-state index contributed by atoms with van der Waals surface area (Å²) in [5.74, 6) is -0.470. The maximum Gasteiger partial charge on any atom is 0.258 e. The molecular weight excluding hydrogens is 391 g/mol. The lowest BCUT2D eigenvalue weighted by Gasteiger charge is -2.24. The summed E-state index contributed by atoms with van der Waals surface area (Å²) >= 11 is 0. The monoisotopic (exact) mass is 416 g/mol. The van der Waals surface area contributed by atoms with Gasteiger partial charge in [-0.25, -0.2) is 4.39 Å². The Bertz CT molecular complexity index is 1090. The molecule has 158 valence electrons. The van der Waals surface area contributed by atoms with Crippen LogP contribution in [-0.4, -0.2) is 17.9 Å². The molecule has 0 saturated heterocycles. The molecule has 1 N–H and O–H groups in total. The summed E-state index contributed by atoms with van der Waals surface area (Å²) in [6.07, 6.45) is 2.42. The summed E-state index contributed by atoms with van der Waals surface area (Å²) in [7, 11) is 0. The van der Waals surface area contributed by atoms with E-state index in [4.69, 9.17) is 0 Å². The molecule has 31 heavy (non-hydrogen) atoms. The first-order chi connectivity index (χ1) is 15.0. The van der Waals surface area contributed by atoms with E-state index in [2.05, 4.69) is 5.32 Å². The topological polar surface area (TPSA) is 49.4 Å². The van der Waals surface area contributed by atoms with Gasteiger partial charge < -0.3 is 10.2 Å². The molecule has 0 atom stereocenters. The molecule has 3 aromatic rings. The second-order valence-corrected chi connectivity index (χ2v) is 8.02. The van der Waals surface area contributed by atoms with Crippen LogP contribution in [0.15, 0.2) is 72.8 Å². The van der Waals surface area contributed by atoms with Gasteiger partial charge in [-0.05, 0) is 66.8 Å². The lowest BCUT2D eigenvalue weighted by atomic mass is 10.1. The zero-order chi connectivity index (χ0) is 21.8. The standard InChI is InChI=1S/C26H25FN2O2/c1-18-5-2-3-8-24(18)26(31)29(17-20-6-4-7-21(27)15-20)23-13-9-19(10-14-23)16-25(30)28-22-11-12-22/h2-10,13-15,22H,11-12,16-17H2,1H3,(H,28,30). The Morgan fingerprint density at radius 1 is 0.968 bits per heavy atom. The van der Waals surface area contributed by atoms with Crippen molar-refractivity contribution < 1.29 is 14.0 Å². The molecule has 4 nitrogen and oxygen atoms in total. The van der Waals surface area contributed by atoms with Crippen LogP contribution in [0, 0.1) is 12.7 Å². The molecule has 1 saturated carbocycles. The second-order valence-electron chi connectivity index (χ2n) is 8.02. The average molecular weight is 416 g/mol. The predicted octanol–water partition coefficient (Wildman–Crippen LogP) is 4.80. The molecule has 0 spiro atoms. The molecule has 4 rings (SSSR count). The summed E-state index contributed by atoms with van der Waals surface area (Å²) < 4.78 is 13.7. The number of anilines is 1. The third kappa shape index (κ3) is 5.37. The third-order valence-corrected chi connectivity index (χ3v) is 5.41. The van der Waals surface area contributed by atoms with Gasteiger partial charge in [-0.2, -0.15) is 0 Å². The molecule has 1 aliphatic carbocycles. The van der Waals surface area contributed by atoms with Gasteiger partial charge in [0.05, 0.1) is 13.0 Å². The number of halogens is 1. The third-order valence-electron chi connectivity index (χ3n) is 5.41. The summed E-state index contributed by atoms with van der Waals surface area (Å²) in [5.41, 5.74) is 3.77. The van der Waals surface area contributed by atoms with Crippen molar-refractivity contribution in [2.75, 3.05) is 4.90 Å². The second kappa shape index (κ2) is 9.13. The number of benzene rings is 3. The van der Waals surface area contributed by atoms with E-state index in [9.17, 15) is 14.0 Å². The minimum absolute atomic E-state index is 0.0165. The number of aryl methyl sites for hydroxylation is 1. The van der Waals surface area contributed by atoms with Gasteiger partial charge in [0.15, 0.2) is 0 Å². The van der Waals surface area contributed by atoms with E-state index >= 15 is 0 Å². The number of amides is 2. The molecule has 0 aromatic heterocycles. The van der Waals surface area contributed by atoms with Gasteiger partial charge in [-0.3, -0.25) is 9.59 Å². The molecule has 1 fully saturated rings. The van der Waals surface area contributed by atoms with Crippen molar-refractivity contribution in [3.05, 3.63) is 101 Å². The Balaban J connectivity index is 1.59. The van der Waals surface area contributed by atoms with Crippen LogP contribution >= 0.6 is 0 Å². The predicted molar refractivity (Wildman–Crippen MR) is 119 cm³/mol. The van der Waals surface area contributed by atoms with E-state index in [0.717, 1.165) is 24.0 Å². The van der Waals surface area contributed by atoms with Crippen LogP contribution < -0.4 is 10.2 Å². The highest BCUT2D eigenvalue weighted by Gasteiger charge is 2.23. The van der Waals surface area contributed by atoms with Crippen molar-refractivity contribution >= 4 is 17.5 Å². The number of hydrogen-bond donors (Lipinski definition) is 1. The van der Waals surface area contributed by atoms with E-state index in [1.54, 1.807) is 23.1 Å². The summed E-state index contributed by atoms with van der Waals surface area (Å²) in [5, 5.41) is 2.98. The van der Waals surface area contributed by atoms with E-state index in [0.29, 0.717) is 29.3 Å². The molecule has 2 amide bonds. The number of carbonyl (C=O) groups is 2. The van der Waals surface area contributed by atoms with Crippen molar-refractivity contribution in [3.63, 3.8) is 0 Å². The number of hydrogen-bond acceptors (Lipinski definition) is 2. The highest BCUT2D eigenvalue weighted by molar-refractivity contribution is 6.07. The highest BCUT2D eigenvalue weighted by atomic mass is 19.1. The van der Waals surface area contributed by atoms with Gasteiger partial charge in [0.25, 0.3) is 5.91 Å². The molecule has 0 radical (unpaired) electrons. The van der Waals surface area contributed by atoms with Gasteiger partial charge in [0.1, 0.15) is 5.82 Å². The normalized spacial score (nSPS) is 13.0. The minimum atomic E-state index is -0.335. The molecule has 0 heterocycles. The number of carbonyl (C=O) groups excluding carboxylic acids is 2. The van der Waals surface area contributed by atoms with Crippen molar-refractivity contribution in [1.29, 1.82) is 0 Å². The zero-order valence-electron chi connectivity index (χ0n) is 17.5. The van der Waals surface area contributed by atoms with Crippen LogP contribution in [0.2, 0.25) is 0 Å². The number of rotatable bonds is 7. The van der Waals surface area contributed by atoms with Crippen molar-refractivity contribution in [2.24, 2.45) is 0 Å². The fourth-order valence-electron chi connectivity index (χ4n) is 3.54. The smallest absolute Gasteiger partial charge is 0.258 e. The van der Waals surface area contributed by atoms with Gasteiger partial charge in [0.2, 0.25) is 5.91 Å². The lowest BCUT2D eigenvalue weighted by Crippen LogP contribution is -2.31. The Kier molecular flexibility index (Phi) is 6.12. The molecule has 5 heteroatoms. The van der Waals surface area contributed by atoms with Gasteiger partial charge >= 0.3 is 0 Å². The summed E-state index contributed by atoms with van der Waals surface area (Å²) in [6, 6.07) is 21.4. The molecular formula is C26H25FN2O2. The summed E-state index contributed by atoms with van der Waals surface area (Å²) in [4.78, 5) is 27.1. The maximum absolute atomic E-state index is 13.7. The van der Waals surface area contributed by atoms with E-state index in [1.807, 2.05) is 49.4 Å². The van der Waals surface area contributed by atoms with Crippen LogP contribution in [0.3, 0.4) is 0 Å². The first kappa shape index (κ1) is 20.8. The Morgan fingerprint density at radius 3 is 2.39 bits per heavy atom. The molecule has 3 aromatic carbocycles. The maximum atomic E-state index is 13.7. The largest absolute Gasteiger partial charge is 0.353 e. The number of nitrogens with one attached hydrogen (secondary N) is 1. The fourth-order valence-corrected chi connectivity index (χ4v) is 3.54. The lowest BCUT2D eigenvalue weighted by molar-refractivity contribution is -0.120. The van der Waals surface area contributed by atoms with Crippen molar-refractivity contribution in [1.82, 2.24) is 5.32 Å².